The van der Waals surface area contributed by atoms with E-state index in [2.05, 4.69) is 0 Å². The number of aliphatic hydroxyl groups excluding tert-OH is 1. The Morgan fingerprint density at radius 3 is 2.68 bits per heavy atom. The molecule has 2 N–H and O–H groups in total. The number of H-pyrrole nitrogens is 1. The lowest BCUT2D eigenvalue weighted by atomic mass is 9.98. The lowest BCUT2D eigenvalue weighted by Gasteiger charge is -2.24. The molecule has 28 heavy (non-hydrogen) atoms. The van der Waals surface area contributed by atoms with Gasteiger partial charge < -0.3 is 9.84 Å². The summed E-state index contributed by atoms with van der Waals surface area (Å²) in [5, 5.41) is 9.52. The third kappa shape index (κ3) is 4.26. The van der Waals surface area contributed by atoms with Gasteiger partial charge in [0.1, 0.15) is 12.7 Å². The van der Waals surface area contributed by atoms with E-state index in [0.29, 0.717) is 0 Å². The number of rotatable bonds is 7. The van der Waals surface area contributed by atoms with Crippen molar-refractivity contribution in [2.75, 3.05) is 6.61 Å². The fourth-order valence-electron chi connectivity index (χ4n) is 2.96. The number of alkyl halides is 1. The van der Waals surface area contributed by atoms with Crippen LogP contribution in [0.5, 0.6) is 0 Å². The Morgan fingerprint density at radius 2 is 2.04 bits per heavy atom. The van der Waals surface area contributed by atoms with Gasteiger partial charge in [-0.3, -0.25) is 14.3 Å². The molecular weight excluding hydrogens is 394 g/mol. The van der Waals surface area contributed by atoms with Crippen LogP contribution >= 0.6 is 8.25 Å². The van der Waals surface area contributed by atoms with E-state index in [-0.39, 0.29) is 6.61 Å². The fourth-order valence-corrected chi connectivity index (χ4v) is 3.80. The molecular formula is C17H19FN2O7P+. The highest BCUT2D eigenvalue weighted by molar-refractivity contribution is 7.33. The molecule has 1 aromatic heterocycles. The normalized spacial score (nSPS) is 27.7. The molecule has 3 rings (SSSR count). The van der Waals surface area contributed by atoms with Crippen molar-refractivity contribution in [1.82, 2.24) is 9.55 Å². The molecule has 1 saturated heterocycles. The van der Waals surface area contributed by atoms with E-state index in [4.69, 9.17) is 13.8 Å². The standard InChI is InChI=1S/C17H18FN2O7P/c1-17(18)14(27-28(24)25-10-11-5-3-2-4-6-11)12(9-21)26-15(17)20-8-7-13(22)19-16(20)23/h2-8,12,14-15,21H,9-10H2,1H3/p+1/t12-,14-,15-,17-/m1/s1. The van der Waals surface area contributed by atoms with Crippen LogP contribution in [-0.4, -0.2) is 39.1 Å². The van der Waals surface area contributed by atoms with Crippen LogP contribution in [0.3, 0.4) is 0 Å². The lowest BCUT2D eigenvalue weighted by Crippen LogP contribution is -2.44. The Kier molecular flexibility index (Phi) is 6.17. The first-order valence-corrected chi connectivity index (χ1v) is 9.50. The van der Waals surface area contributed by atoms with E-state index in [9.17, 15) is 19.3 Å². The van der Waals surface area contributed by atoms with Crippen LogP contribution in [0.1, 0.15) is 18.7 Å². The average molecular weight is 413 g/mol. The number of hydrogen-bond donors (Lipinski definition) is 2. The summed E-state index contributed by atoms with van der Waals surface area (Å²) in [5.74, 6) is 0. The molecule has 1 aliphatic heterocycles. The first kappa shape index (κ1) is 20.5. The molecule has 2 heterocycles. The topological polar surface area (TPSA) is 120 Å². The third-order valence-corrected chi connectivity index (χ3v) is 5.08. The van der Waals surface area contributed by atoms with Gasteiger partial charge in [-0.25, -0.2) is 9.18 Å². The molecule has 1 aliphatic rings. The van der Waals surface area contributed by atoms with Crippen LogP contribution in [0.4, 0.5) is 4.39 Å². The zero-order valence-electron chi connectivity index (χ0n) is 14.9. The number of hydrogen-bond acceptors (Lipinski definition) is 7. The summed E-state index contributed by atoms with van der Waals surface area (Å²) >= 11 is 0. The Morgan fingerprint density at radius 1 is 1.32 bits per heavy atom. The summed E-state index contributed by atoms with van der Waals surface area (Å²) in [6.45, 7) is 0.440. The number of halogens is 1. The van der Waals surface area contributed by atoms with Crippen molar-refractivity contribution in [3.63, 3.8) is 0 Å². The Balaban J connectivity index is 1.75. The summed E-state index contributed by atoms with van der Waals surface area (Å²) < 4.78 is 44.2. The second-order valence-electron chi connectivity index (χ2n) is 6.39. The maximum atomic E-state index is 15.5. The van der Waals surface area contributed by atoms with Crippen molar-refractivity contribution in [2.24, 2.45) is 0 Å². The number of ether oxygens (including phenoxy) is 1. The van der Waals surface area contributed by atoms with E-state index in [1.165, 1.54) is 0 Å². The summed E-state index contributed by atoms with van der Waals surface area (Å²) in [6, 6.07) is 9.93. The van der Waals surface area contributed by atoms with Gasteiger partial charge in [0.2, 0.25) is 0 Å². The highest BCUT2D eigenvalue weighted by Gasteiger charge is 2.60. The molecule has 2 aromatic rings. The molecule has 0 saturated carbocycles. The van der Waals surface area contributed by atoms with Crippen LogP contribution in [0.2, 0.25) is 0 Å². The van der Waals surface area contributed by atoms with Gasteiger partial charge in [-0.15, -0.1) is 9.05 Å². The average Bonchev–Trinajstić information content (AvgIpc) is 2.91. The molecule has 11 heteroatoms. The highest BCUT2D eigenvalue weighted by Crippen LogP contribution is 2.46. The van der Waals surface area contributed by atoms with E-state index < -0.39 is 50.2 Å². The van der Waals surface area contributed by atoms with Gasteiger partial charge in [-0.05, 0) is 12.5 Å². The summed E-state index contributed by atoms with van der Waals surface area (Å²) in [5.41, 5.74) is -3.14. The monoisotopic (exact) mass is 413 g/mol. The Labute approximate surface area is 159 Å². The number of aromatic nitrogens is 2. The van der Waals surface area contributed by atoms with Gasteiger partial charge in [0, 0.05) is 16.8 Å². The first-order valence-electron chi connectivity index (χ1n) is 8.40. The van der Waals surface area contributed by atoms with Crippen molar-refractivity contribution in [1.29, 1.82) is 0 Å². The Hall–Kier alpha value is -2.23. The number of benzene rings is 1. The van der Waals surface area contributed by atoms with Gasteiger partial charge in [0.25, 0.3) is 5.56 Å². The maximum absolute atomic E-state index is 15.5. The van der Waals surface area contributed by atoms with Gasteiger partial charge in [-0.1, -0.05) is 30.3 Å². The highest BCUT2D eigenvalue weighted by atomic mass is 31.1. The molecule has 0 aliphatic carbocycles. The predicted molar refractivity (Wildman–Crippen MR) is 95.5 cm³/mol. The van der Waals surface area contributed by atoms with Crippen LogP contribution in [0.25, 0.3) is 0 Å². The second kappa shape index (κ2) is 8.42. The van der Waals surface area contributed by atoms with Crippen molar-refractivity contribution in [3.05, 3.63) is 69.0 Å². The number of aliphatic hydroxyl groups is 1. The van der Waals surface area contributed by atoms with Gasteiger partial charge >= 0.3 is 13.9 Å². The van der Waals surface area contributed by atoms with Crippen molar-refractivity contribution >= 4 is 8.25 Å². The van der Waals surface area contributed by atoms with Gasteiger partial charge in [0.15, 0.2) is 18.0 Å². The van der Waals surface area contributed by atoms with E-state index in [0.717, 1.165) is 29.3 Å². The lowest BCUT2D eigenvalue weighted by molar-refractivity contribution is -0.0611. The van der Waals surface area contributed by atoms with Gasteiger partial charge in [0.05, 0.1) is 6.61 Å². The molecule has 1 fully saturated rings. The minimum absolute atomic E-state index is 0.0147. The minimum atomic E-state index is -2.73. The van der Waals surface area contributed by atoms with E-state index >= 15 is 4.39 Å². The molecule has 1 unspecified atom stereocenters. The van der Waals surface area contributed by atoms with E-state index in [1.807, 2.05) is 11.1 Å². The summed E-state index contributed by atoms with van der Waals surface area (Å²) in [6.07, 6.45) is -3.10. The molecule has 0 spiro atoms. The molecule has 9 nitrogen and oxygen atoms in total. The third-order valence-electron chi connectivity index (χ3n) is 4.34. The minimum Gasteiger partial charge on any atom is -0.394 e. The Bertz CT molecular complexity index is 946. The van der Waals surface area contributed by atoms with Crippen molar-refractivity contribution in [2.45, 2.75) is 37.6 Å². The number of aromatic amines is 1. The van der Waals surface area contributed by atoms with E-state index in [1.54, 1.807) is 24.3 Å². The summed E-state index contributed by atoms with van der Waals surface area (Å²) in [7, 11) is -2.73. The van der Waals surface area contributed by atoms with Crippen molar-refractivity contribution in [3.8, 4) is 0 Å². The number of nitrogens with one attached hydrogen (secondary N) is 1. The summed E-state index contributed by atoms with van der Waals surface area (Å²) in [4.78, 5) is 25.2. The number of nitrogens with zero attached hydrogens (tertiary/aromatic N) is 1. The zero-order valence-corrected chi connectivity index (χ0v) is 15.8. The molecule has 150 valence electrons. The maximum Gasteiger partial charge on any atom is 0.698 e. The second-order valence-corrected chi connectivity index (χ2v) is 7.30. The molecule has 0 amide bonds. The van der Waals surface area contributed by atoms with Crippen molar-refractivity contribution < 1.29 is 27.8 Å². The smallest absolute Gasteiger partial charge is 0.394 e. The van der Waals surface area contributed by atoms with Crippen LogP contribution in [0, 0.1) is 0 Å². The first-order chi connectivity index (χ1) is 13.3. The molecule has 5 atom stereocenters. The fraction of sp³-hybridized carbons (Fsp3) is 0.412. The molecule has 1 aromatic carbocycles. The van der Waals surface area contributed by atoms with Crippen LogP contribution < -0.4 is 11.2 Å². The SMILES string of the molecule is C[C@@]1(F)[C@H](O[P+](=O)OCc2ccccc2)[C@@H](CO)O[C@H]1n1ccc(=O)[nH]c1=O. The molecule has 0 radical (unpaired) electrons. The molecule has 0 bridgehead atoms. The quantitative estimate of drug-likeness (QED) is 0.659. The largest absolute Gasteiger partial charge is 0.698 e. The predicted octanol–water partition coefficient (Wildman–Crippen LogP) is 1.41. The zero-order chi connectivity index (χ0) is 20.3. The van der Waals surface area contributed by atoms with Crippen LogP contribution in [0.15, 0.2) is 52.2 Å². The van der Waals surface area contributed by atoms with Crippen LogP contribution in [-0.2, 0) is 25.0 Å². The van der Waals surface area contributed by atoms with Gasteiger partial charge in [-0.2, -0.15) is 0 Å².